The number of allylic oxidation sites excluding steroid dienone is 5. The number of hydrogen-bond donors (Lipinski definition) is 0. The van der Waals surface area contributed by atoms with E-state index in [2.05, 4.69) is 108 Å². The number of pyridine rings is 1. The number of aryl methyl sites for hydroxylation is 2. The molecule has 1 aromatic heterocycles. The van der Waals surface area contributed by atoms with E-state index in [0.29, 0.717) is 16.5 Å². The van der Waals surface area contributed by atoms with Crippen LogP contribution in [0.2, 0.25) is 0 Å². The molecule has 4 heteroatoms. The Bertz CT molecular complexity index is 1370. The van der Waals surface area contributed by atoms with Gasteiger partial charge in [0, 0.05) is 24.0 Å². The maximum atomic E-state index is 13.2. The Morgan fingerprint density at radius 1 is 0.936 bits per heavy atom. The second-order valence-corrected chi connectivity index (χ2v) is 11.8. The SMILES string of the molecule is C=C/C(SF)=C(\C)N=C(C=C(C)C)C(CCC)CCCC(=C)c1ccc(C=C)cc1.CC.CCc1cccnc1.Cc1ccccc1. The van der Waals surface area contributed by atoms with Crippen molar-refractivity contribution in [1.82, 2.24) is 4.98 Å². The molecular weight excluding hydrogens is 596 g/mol. The minimum absolute atomic E-state index is 0.202. The van der Waals surface area contributed by atoms with Crippen molar-refractivity contribution in [2.24, 2.45) is 10.9 Å². The number of halogens is 1. The number of rotatable bonds is 14. The predicted molar refractivity (Wildman–Crippen MR) is 212 cm³/mol. The maximum absolute atomic E-state index is 13.2. The lowest BCUT2D eigenvalue weighted by Gasteiger charge is -2.18. The third-order valence-electron chi connectivity index (χ3n) is 7.07. The summed E-state index contributed by atoms with van der Waals surface area (Å²) >= 11 is 0.202. The van der Waals surface area contributed by atoms with Gasteiger partial charge >= 0.3 is 0 Å². The zero-order valence-electron chi connectivity index (χ0n) is 30.4. The van der Waals surface area contributed by atoms with E-state index in [1.165, 1.54) is 28.3 Å². The van der Waals surface area contributed by atoms with Gasteiger partial charge in [-0.05, 0) is 94.2 Å². The van der Waals surface area contributed by atoms with Crippen LogP contribution < -0.4 is 0 Å². The Morgan fingerprint density at radius 2 is 1.60 bits per heavy atom. The van der Waals surface area contributed by atoms with Gasteiger partial charge in [-0.25, -0.2) is 0 Å². The lowest BCUT2D eigenvalue weighted by molar-refractivity contribution is 0.549. The van der Waals surface area contributed by atoms with Crippen LogP contribution in [0.4, 0.5) is 3.89 Å². The highest BCUT2D eigenvalue weighted by atomic mass is 32.2. The van der Waals surface area contributed by atoms with Gasteiger partial charge in [0.1, 0.15) is 0 Å². The van der Waals surface area contributed by atoms with Gasteiger partial charge < -0.3 is 0 Å². The van der Waals surface area contributed by atoms with Gasteiger partial charge in [0.25, 0.3) is 0 Å². The molecule has 0 spiro atoms. The molecule has 2 aromatic carbocycles. The Labute approximate surface area is 291 Å². The summed E-state index contributed by atoms with van der Waals surface area (Å²) in [7, 11) is 0. The largest absolute Gasteiger partial charge is 0.264 e. The third kappa shape index (κ3) is 19.5. The summed E-state index contributed by atoms with van der Waals surface area (Å²) in [6.07, 6.45) is 15.4. The normalized spacial score (nSPS) is 11.5. The van der Waals surface area contributed by atoms with Crippen LogP contribution in [0.25, 0.3) is 11.6 Å². The number of aromatic nitrogens is 1. The van der Waals surface area contributed by atoms with Gasteiger partial charge in [-0.1, -0.05) is 138 Å². The zero-order valence-corrected chi connectivity index (χ0v) is 31.2. The van der Waals surface area contributed by atoms with Gasteiger partial charge in [-0.2, -0.15) is 3.89 Å². The molecule has 0 amide bonds. The van der Waals surface area contributed by atoms with Crippen LogP contribution in [0.15, 0.2) is 132 Å². The fourth-order valence-corrected chi connectivity index (χ4v) is 4.73. The van der Waals surface area contributed by atoms with Gasteiger partial charge in [-0.3, -0.25) is 9.98 Å². The molecule has 1 atom stereocenters. The Hall–Kier alpha value is -3.76. The summed E-state index contributed by atoms with van der Waals surface area (Å²) in [6.45, 7) is 28.2. The Morgan fingerprint density at radius 3 is 2.02 bits per heavy atom. The molecule has 0 bridgehead atoms. The molecule has 3 aromatic rings. The molecule has 254 valence electrons. The summed E-state index contributed by atoms with van der Waals surface area (Å²) < 4.78 is 13.2. The molecular formula is C43H59FN2S. The maximum Gasteiger partial charge on any atom is 0.0831 e. The molecule has 0 fully saturated rings. The number of benzene rings is 2. The number of aliphatic imine (C=N–C) groups is 1. The molecule has 2 nitrogen and oxygen atoms in total. The van der Waals surface area contributed by atoms with E-state index in [1.54, 1.807) is 6.20 Å². The van der Waals surface area contributed by atoms with Crippen LogP contribution in [0.3, 0.4) is 0 Å². The summed E-state index contributed by atoms with van der Waals surface area (Å²) in [6, 6.07) is 22.7. The zero-order chi connectivity index (χ0) is 35.5. The van der Waals surface area contributed by atoms with Crippen LogP contribution in [0.5, 0.6) is 0 Å². The van der Waals surface area contributed by atoms with Gasteiger partial charge in [0.15, 0.2) is 0 Å². The Balaban J connectivity index is 0.000000997. The fourth-order valence-electron chi connectivity index (χ4n) is 4.51. The second-order valence-electron chi connectivity index (χ2n) is 11.2. The van der Waals surface area contributed by atoms with Crippen molar-refractivity contribution >= 4 is 29.5 Å². The minimum atomic E-state index is 0.202. The quantitative estimate of drug-likeness (QED) is 0.128. The first-order chi connectivity index (χ1) is 22.7. The monoisotopic (exact) mass is 654 g/mol. The number of hydrogen-bond acceptors (Lipinski definition) is 3. The topological polar surface area (TPSA) is 25.2 Å². The molecule has 0 aliphatic carbocycles. The summed E-state index contributed by atoms with van der Waals surface area (Å²) in [4.78, 5) is 9.24. The predicted octanol–water partition coefficient (Wildman–Crippen LogP) is 14.0. The van der Waals surface area contributed by atoms with E-state index in [-0.39, 0.29) is 12.1 Å². The van der Waals surface area contributed by atoms with Crippen LogP contribution in [-0.4, -0.2) is 10.7 Å². The van der Waals surface area contributed by atoms with E-state index in [4.69, 9.17) is 4.99 Å². The molecule has 0 aliphatic heterocycles. The molecule has 3 rings (SSSR count). The lowest BCUT2D eigenvalue weighted by atomic mass is 9.89. The standard InChI is InChI=1S/C27H36FNS.C7H9N.C7H8.C2H6/c1-8-12-25(26(19-20(4)5)29-22(7)27(10-3)30-28)14-11-13-21(6)24-17-15-23(9-2)16-18-24;1-2-7-4-3-5-8-6-7;1-7-5-3-2-4-6-7;1-2/h9-10,15-19,25H,2-3,6,8,11-14H2,1,4-5,7H3;3-6H,2H2,1H3;2-6H,1H3;1-2H3/b27-22-,29-26?;;;. The molecule has 0 radical (unpaired) electrons. The van der Waals surface area contributed by atoms with Gasteiger partial charge in [0.2, 0.25) is 0 Å². The number of nitrogens with zero attached hydrogens (tertiary/aromatic N) is 2. The Kier molecular flexibility index (Phi) is 25.2. The van der Waals surface area contributed by atoms with Crippen molar-refractivity contribution in [2.75, 3.05) is 0 Å². The van der Waals surface area contributed by atoms with E-state index in [1.807, 2.05) is 57.3 Å². The van der Waals surface area contributed by atoms with Crippen molar-refractivity contribution in [2.45, 2.75) is 93.9 Å². The summed E-state index contributed by atoms with van der Waals surface area (Å²) in [5.74, 6) is 0.339. The van der Waals surface area contributed by atoms with E-state index < -0.39 is 0 Å². The van der Waals surface area contributed by atoms with Crippen molar-refractivity contribution in [3.63, 3.8) is 0 Å². The van der Waals surface area contributed by atoms with Crippen molar-refractivity contribution in [3.05, 3.63) is 149 Å². The van der Waals surface area contributed by atoms with Crippen LogP contribution in [-0.2, 0) is 6.42 Å². The molecule has 0 N–H and O–H groups in total. The van der Waals surface area contributed by atoms with Crippen LogP contribution >= 0.6 is 12.1 Å². The van der Waals surface area contributed by atoms with Gasteiger partial charge in [0.05, 0.1) is 22.8 Å². The van der Waals surface area contributed by atoms with Crippen molar-refractivity contribution in [3.8, 4) is 0 Å². The third-order valence-corrected chi connectivity index (χ3v) is 7.70. The second kappa shape index (κ2) is 27.4. The van der Waals surface area contributed by atoms with E-state index in [0.717, 1.165) is 55.4 Å². The average molecular weight is 655 g/mol. The first kappa shape index (κ1) is 43.2. The van der Waals surface area contributed by atoms with E-state index >= 15 is 0 Å². The van der Waals surface area contributed by atoms with Crippen LogP contribution in [0.1, 0.15) is 103 Å². The lowest BCUT2D eigenvalue weighted by Crippen LogP contribution is -2.13. The highest BCUT2D eigenvalue weighted by Crippen LogP contribution is 2.27. The highest BCUT2D eigenvalue weighted by Gasteiger charge is 2.15. The van der Waals surface area contributed by atoms with Crippen molar-refractivity contribution < 1.29 is 3.89 Å². The van der Waals surface area contributed by atoms with Gasteiger partial charge in [-0.15, -0.1) is 0 Å². The first-order valence-corrected chi connectivity index (χ1v) is 17.6. The molecule has 0 saturated heterocycles. The van der Waals surface area contributed by atoms with Crippen LogP contribution in [0, 0.1) is 12.8 Å². The van der Waals surface area contributed by atoms with Crippen molar-refractivity contribution in [1.29, 1.82) is 0 Å². The fraction of sp³-hybridized carbons (Fsp3) is 0.349. The summed E-state index contributed by atoms with van der Waals surface area (Å²) in [5, 5.41) is 0. The average Bonchev–Trinajstić information content (AvgIpc) is 3.10. The first-order valence-electron chi connectivity index (χ1n) is 16.8. The molecule has 47 heavy (non-hydrogen) atoms. The summed E-state index contributed by atoms with van der Waals surface area (Å²) in [5.41, 5.74) is 8.98. The molecule has 0 saturated carbocycles. The highest BCUT2D eigenvalue weighted by molar-refractivity contribution is 7.98. The molecule has 0 aliphatic rings. The molecule has 1 unspecified atom stereocenters. The molecule has 1 heterocycles. The smallest absolute Gasteiger partial charge is 0.0831 e. The van der Waals surface area contributed by atoms with E-state index in [9.17, 15) is 3.89 Å². The minimum Gasteiger partial charge on any atom is -0.264 e.